The van der Waals surface area contributed by atoms with E-state index in [0.717, 1.165) is 25.1 Å². The van der Waals surface area contributed by atoms with E-state index >= 15 is 0 Å². The van der Waals surface area contributed by atoms with Crippen LogP contribution in [0.4, 0.5) is 10.5 Å². The summed E-state index contributed by atoms with van der Waals surface area (Å²) in [7, 11) is 0. The third-order valence-corrected chi connectivity index (χ3v) is 3.42. The van der Waals surface area contributed by atoms with Crippen molar-refractivity contribution in [3.05, 3.63) is 29.3 Å². The highest BCUT2D eigenvalue weighted by molar-refractivity contribution is 5.89. The number of carbonyl (C=O) groups excluding carboxylic acids is 1. The maximum absolute atomic E-state index is 11.7. The number of carbonyl (C=O) groups is 1. The fourth-order valence-corrected chi connectivity index (χ4v) is 2.40. The Labute approximate surface area is 109 Å². The SMILES string of the molecule is CCCCCNC(=O)Nc1ccc2c(c1)CCC2. The Morgan fingerprint density at radius 3 is 2.89 bits per heavy atom. The van der Waals surface area contributed by atoms with Crippen LogP contribution >= 0.6 is 0 Å². The maximum atomic E-state index is 11.7. The second-order valence-electron chi connectivity index (χ2n) is 4.93. The average Bonchev–Trinajstić information content (AvgIpc) is 2.82. The molecule has 0 aliphatic heterocycles. The number of urea groups is 1. The minimum Gasteiger partial charge on any atom is -0.338 e. The van der Waals surface area contributed by atoms with Crippen LogP contribution in [0.5, 0.6) is 0 Å². The van der Waals surface area contributed by atoms with E-state index in [2.05, 4.69) is 29.7 Å². The van der Waals surface area contributed by atoms with Crippen LogP contribution in [0, 0.1) is 0 Å². The molecule has 1 aliphatic rings. The van der Waals surface area contributed by atoms with Crippen LogP contribution in [0.2, 0.25) is 0 Å². The van der Waals surface area contributed by atoms with Crippen molar-refractivity contribution in [1.29, 1.82) is 0 Å². The molecule has 2 rings (SSSR count). The summed E-state index contributed by atoms with van der Waals surface area (Å²) in [5.41, 5.74) is 3.73. The molecule has 1 aliphatic carbocycles. The summed E-state index contributed by atoms with van der Waals surface area (Å²) >= 11 is 0. The maximum Gasteiger partial charge on any atom is 0.319 e. The van der Waals surface area contributed by atoms with E-state index in [1.807, 2.05) is 6.07 Å². The first-order valence-electron chi connectivity index (χ1n) is 6.96. The fourth-order valence-electron chi connectivity index (χ4n) is 2.40. The smallest absolute Gasteiger partial charge is 0.319 e. The van der Waals surface area contributed by atoms with Crippen molar-refractivity contribution in [1.82, 2.24) is 5.32 Å². The molecule has 0 bridgehead atoms. The summed E-state index contributed by atoms with van der Waals surface area (Å²) in [4.78, 5) is 11.7. The molecule has 0 saturated carbocycles. The quantitative estimate of drug-likeness (QED) is 0.767. The number of hydrogen-bond acceptors (Lipinski definition) is 1. The second-order valence-corrected chi connectivity index (χ2v) is 4.93. The Bertz CT molecular complexity index is 415. The zero-order valence-electron chi connectivity index (χ0n) is 11.1. The number of hydrogen-bond donors (Lipinski definition) is 2. The lowest BCUT2D eigenvalue weighted by Gasteiger charge is -2.08. The van der Waals surface area contributed by atoms with Gasteiger partial charge in [0.15, 0.2) is 0 Å². The molecule has 1 aromatic carbocycles. The molecule has 2 N–H and O–H groups in total. The van der Waals surface area contributed by atoms with Gasteiger partial charge >= 0.3 is 6.03 Å². The van der Waals surface area contributed by atoms with Gasteiger partial charge in [-0.25, -0.2) is 4.79 Å². The molecule has 18 heavy (non-hydrogen) atoms. The molecule has 0 unspecified atom stereocenters. The standard InChI is InChI=1S/C15H22N2O/c1-2-3-4-10-16-15(18)17-14-9-8-12-6-5-7-13(12)11-14/h8-9,11H,2-7,10H2,1H3,(H2,16,17,18). The van der Waals surface area contributed by atoms with E-state index in [1.54, 1.807) is 0 Å². The molecular weight excluding hydrogens is 224 g/mol. The van der Waals surface area contributed by atoms with Crippen molar-refractivity contribution < 1.29 is 4.79 Å². The summed E-state index contributed by atoms with van der Waals surface area (Å²) < 4.78 is 0. The third kappa shape index (κ3) is 3.49. The molecule has 0 fully saturated rings. The summed E-state index contributed by atoms with van der Waals surface area (Å²) in [5, 5.41) is 5.78. The van der Waals surface area contributed by atoms with Gasteiger partial charge in [0.05, 0.1) is 0 Å². The summed E-state index contributed by atoms with van der Waals surface area (Å²) in [6, 6.07) is 6.14. The van der Waals surface area contributed by atoms with Crippen molar-refractivity contribution in [3.8, 4) is 0 Å². The normalized spacial score (nSPS) is 13.2. The van der Waals surface area contributed by atoms with Crippen LogP contribution in [-0.4, -0.2) is 12.6 Å². The van der Waals surface area contributed by atoms with Gasteiger partial charge in [0.1, 0.15) is 0 Å². The van der Waals surface area contributed by atoms with Crippen molar-refractivity contribution in [3.63, 3.8) is 0 Å². The first-order valence-corrected chi connectivity index (χ1v) is 6.96. The van der Waals surface area contributed by atoms with Crippen LogP contribution in [0.15, 0.2) is 18.2 Å². The monoisotopic (exact) mass is 246 g/mol. The Morgan fingerprint density at radius 2 is 2.06 bits per heavy atom. The zero-order chi connectivity index (χ0) is 12.8. The molecule has 0 atom stereocenters. The van der Waals surface area contributed by atoms with Crippen LogP contribution in [0.25, 0.3) is 0 Å². The Hall–Kier alpha value is -1.51. The summed E-state index contributed by atoms with van der Waals surface area (Å²) in [6.07, 6.45) is 6.95. The molecule has 2 amide bonds. The van der Waals surface area contributed by atoms with E-state index in [9.17, 15) is 4.79 Å². The largest absolute Gasteiger partial charge is 0.338 e. The molecule has 1 aromatic rings. The van der Waals surface area contributed by atoms with Crippen molar-refractivity contribution in [2.75, 3.05) is 11.9 Å². The topological polar surface area (TPSA) is 41.1 Å². The first-order chi connectivity index (χ1) is 8.79. The zero-order valence-corrected chi connectivity index (χ0v) is 11.1. The molecule has 0 saturated heterocycles. The van der Waals surface area contributed by atoms with Gasteiger partial charge in [-0.2, -0.15) is 0 Å². The number of benzene rings is 1. The van der Waals surface area contributed by atoms with Gasteiger partial charge in [0.2, 0.25) is 0 Å². The fraction of sp³-hybridized carbons (Fsp3) is 0.533. The third-order valence-electron chi connectivity index (χ3n) is 3.42. The minimum atomic E-state index is -0.0935. The number of fused-ring (bicyclic) bond motifs is 1. The summed E-state index contributed by atoms with van der Waals surface area (Å²) in [5.74, 6) is 0. The van der Waals surface area contributed by atoms with Crippen molar-refractivity contribution in [2.24, 2.45) is 0 Å². The number of rotatable bonds is 5. The lowest BCUT2D eigenvalue weighted by molar-refractivity contribution is 0.252. The Morgan fingerprint density at radius 1 is 1.22 bits per heavy atom. The van der Waals surface area contributed by atoms with Gasteiger partial charge in [0.25, 0.3) is 0 Å². The first kappa shape index (κ1) is 12.9. The lowest BCUT2D eigenvalue weighted by Crippen LogP contribution is -2.29. The highest BCUT2D eigenvalue weighted by atomic mass is 16.2. The molecule has 0 aromatic heterocycles. The highest BCUT2D eigenvalue weighted by Gasteiger charge is 2.11. The van der Waals surface area contributed by atoms with Gasteiger partial charge in [-0.1, -0.05) is 25.8 Å². The van der Waals surface area contributed by atoms with Gasteiger partial charge < -0.3 is 10.6 Å². The van der Waals surface area contributed by atoms with Crippen LogP contribution < -0.4 is 10.6 Å². The van der Waals surface area contributed by atoms with Crippen LogP contribution in [-0.2, 0) is 12.8 Å². The number of anilines is 1. The molecule has 3 heteroatoms. The van der Waals surface area contributed by atoms with E-state index in [4.69, 9.17) is 0 Å². The average molecular weight is 246 g/mol. The number of aryl methyl sites for hydroxylation is 2. The predicted molar refractivity (Wildman–Crippen MR) is 75.0 cm³/mol. The number of nitrogens with one attached hydrogen (secondary N) is 2. The molecular formula is C15H22N2O. The molecule has 0 spiro atoms. The predicted octanol–water partition coefficient (Wildman–Crippen LogP) is 3.49. The van der Waals surface area contributed by atoms with Gasteiger partial charge in [-0.15, -0.1) is 0 Å². The van der Waals surface area contributed by atoms with E-state index in [0.29, 0.717) is 0 Å². The number of amides is 2. The number of unbranched alkanes of at least 4 members (excludes halogenated alkanes) is 2. The van der Waals surface area contributed by atoms with Gasteiger partial charge in [-0.3, -0.25) is 0 Å². The summed E-state index contributed by atoms with van der Waals surface area (Å²) in [6.45, 7) is 2.91. The van der Waals surface area contributed by atoms with E-state index < -0.39 is 0 Å². The Balaban J connectivity index is 1.80. The minimum absolute atomic E-state index is 0.0935. The Kier molecular flexibility index (Phi) is 4.62. The molecule has 0 heterocycles. The van der Waals surface area contributed by atoms with Crippen LogP contribution in [0.1, 0.15) is 43.7 Å². The van der Waals surface area contributed by atoms with E-state index in [1.165, 1.54) is 36.8 Å². The second kappa shape index (κ2) is 6.43. The lowest BCUT2D eigenvalue weighted by atomic mass is 10.1. The highest BCUT2D eigenvalue weighted by Crippen LogP contribution is 2.24. The van der Waals surface area contributed by atoms with E-state index in [-0.39, 0.29) is 6.03 Å². The molecule has 3 nitrogen and oxygen atoms in total. The van der Waals surface area contributed by atoms with Crippen LogP contribution in [0.3, 0.4) is 0 Å². The van der Waals surface area contributed by atoms with Gasteiger partial charge in [0, 0.05) is 12.2 Å². The molecule has 0 radical (unpaired) electrons. The van der Waals surface area contributed by atoms with Gasteiger partial charge in [-0.05, 0) is 48.9 Å². The molecule has 98 valence electrons. The van der Waals surface area contributed by atoms with Crippen molar-refractivity contribution in [2.45, 2.75) is 45.4 Å². The van der Waals surface area contributed by atoms with Crippen molar-refractivity contribution >= 4 is 11.7 Å².